The van der Waals surface area contributed by atoms with Crippen LogP contribution >= 0.6 is 22.9 Å². The molecule has 40 heavy (non-hydrogen) atoms. The molecule has 7 nitrogen and oxygen atoms in total. The maximum absolute atomic E-state index is 13.6. The highest BCUT2D eigenvalue weighted by molar-refractivity contribution is 7.22. The zero-order chi connectivity index (χ0) is 28.2. The molecule has 1 unspecified atom stereocenters. The Morgan fingerprint density at radius 1 is 1.00 bits per heavy atom. The smallest absolute Gasteiger partial charge is 0.301 e. The zero-order valence-electron chi connectivity index (χ0n) is 22.2. The third-order valence-corrected chi connectivity index (χ3v) is 7.88. The lowest BCUT2D eigenvalue weighted by Gasteiger charge is -2.24. The molecule has 3 aromatic carbocycles. The first-order chi connectivity index (χ1) is 19.4. The van der Waals surface area contributed by atoms with Gasteiger partial charge in [0, 0.05) is 10.6 Å². The Morgan fingerprint density at radius 2 is 1.80 bits per heavy atom. The molecule has 0 aliphatic carbocycles. The van der Waals surface area contributed by atoms with Crippen molar-refractivity contribution < 1.29 is 24.2 Å². The number of thiazole rings is 1. The van der Waals surface area contributed by atoms with Crippen LogP contribution in [0.15, 0.2) is 72.3 Å². The highest BCUT2D eigenvalue weighted by atomic mass is 35.5. The second kappa shape index (κ2) is 12.1. The van der Waals surface area contributed by atoms with E-state index in [4.69, 9.17) is 21.1 Å². The monoisotopic (exact) mass is 576 g/mol. The summed E-state index contributed by atoms with van der Waals surface area (Å²) in [7, 11) is 0. The van der Waals surface area contributed by atoms with Gasteiger partial charge in [0.1, 0.15) is 5.76 Å². The summed E-state index contributed by atoms with van der Waals surface area (Å²) in [5.41, 5.74) is 1.65. The van der Waals surface area contributed by atoms with Crippen LogP contribution in [0.3, 0.4) is 0 Å². The van der Waals surface area contributed by atoms with Gasteiger partial charge in [-0.1, -0.05) is 79.1 Å². The average molecular weight is 577 g/mol. The lowest BCUT2D eigenvalue weighted by Crippen LogP contribution is -2.29. The third-order valence-electron chi connectivity index (χ3n) is 6.63. The van der Waals surface area contributed by atoms with E-state index < -0.39 is 17.7 Å². The Morgan fingerprint density at radius 3 is 2.55 bits per heavy atom. The van der Waals surface area contributed by atoms with Crippen LogP contribution in [-0.2, 0) is 9.59 Å². The number of unbranched alkanes of at least 4 members (excludes halogenated alkanes) is 2. The summed E-state index contributed by atoms with van der Waals surface area (Å²) in [6.45, 7) is 4.96. The first-order valence-corrected chi connectivity index (χ1v) is 14.4. The van der Waals surface area contributed by atoms with Gasteiger partial charge in [0.15, 0.2) is 16.6 Å². The van der Waals surface area contributed by atoms with Crippen LogP contribution in [0.25, 0.3) is 16.0 Å². The summed E-state index contributed by atoms with van der Waals surface area (Å²) in [4.78, 5) is 33.1. The van der Waals surface area contributed by atoms with E-state index in [1.165, 1.54) is 16.2 Å². The minimum atomic E-state index is -0.940. The van der Waals surface area contributed by atoms with Gasteiger partial charge in [-0.15, -0.1) is 0 Å². The van der Waals surface area contributed by atoms with Crippen molar-refractivity contribution in [2.24, 2.45) is 0 Å². The van der Waals surface area contributed by atoms with Crippen molar-refractivity contribution in [2.75, 3.05) is 18.1 Å². The van der Waals surface area contributed by atoms with Gasteiger partial charge in [0.05, 0.1) is 35.0 Å². The zero-order valence-corrected chi connectivity index (χ0v) is 23.8. The fraction of sp³-hybridized carbons (Fsp3) is 0.258. The molecule has 1 atom stereocenters. The molecular formula is C31H29ClN2O5S. The summed E-state index contributed by atoms with van der Waals surface area (Å²) >= 11 is 7.44. The molecule has 5 rings (SSSR count). The first kappa shape index (κ1) is 27.7. The molecule has 0 saturated carbocycles. The van der Waals surface area contributed by atoms with Crippen LogP contribution in [0.1, 0.15) is 50.3 Å². The number of fused-ring (bicyclic) bond motifs is 1. The van der Waals surface area contributed by atoms with Crippen molar-refractivity contribution in [3.63, 3.8) is 0 Å². The topological polar surface area (TPSA) is 89.0 Å². The van der Waals surface area contributed by atoms with E-state index in [1.54, 1.807) is 60.7 Å². The lowest BCUT2D eigenvalue weighted by atomic mass is 9.95. The number of halogens is 1. The van der Waals surface area contributed by atoms with E-state index in [1.807, 2.05) is 13.0 Å². The molecule has 1 aromatic heterocycles. The highest BCUT2D eigenvalue weighted by Crippen LogP contribution is 2.46. The number of amides is 1. The van der Waals surface area contributed by atoms with Gasteiger partial charge in [-0.05, 0) is 49.2 Å². The summed E-state index contributed by atoms with van der Waals surface area (Å²) in [5.74, 6) is -0.741. The standard InChI is InChI=1S/C31H29ClN2O5S/c1-3-5-9-16-39-23-15-12-20(17-24(23)38-4-2)27-26(28(35)19-10-7-6-8-11-19)29(36)30(37)34(27)31-33-22-14-13-21(32)18-25(22)40-31/h6-8,10-15,17-18,27,35H,3-5,9,16H2,1-2H3/b28-26+. The lowest BCUT2D eigenvalue weighted by molar-refractivity contribution is -0.132. The third kappa shape index (κ3) is 5.42. The second-order valence-electron chi connectivity index (χ2n) is 9.34. The average Bonchev–Trinajstić information content (AvgIpc) is 3.49. The summed E-state index contributed by atoms with van der Waals surface area (Å²) < 4.78 is 12.7. The van der Waals surface area contributed by atoms with Crippen molar-refractivity contribution in [1.29, 1.82) is 0 Å². The van der Waals surface area contributed by atoms with Gasteiger partial charge in [-0.25, -0.2) is 4.98 Å². The number of hydrogen-bond acceptors (Lipinski definition) is 7. The number of aliphatic hydroxyl groups excluding tert-OH is 1. The molecule has 1 amide bonds. The molecule has 0 spiro atoms. The summed E-state index contributed by atoms with van der Waals surface area (Å²) in [6, 6.07) is 18.4. The quantitative estimate of drug-likeness (QED) is 0.0907. The molecule has 206 valence electrons. The molecule has 1 saturated heterocycles. The minimum Gasteiger partial charge on any atom is -0.507 e. The Bertz CT molecular complexity index is 1580. The van der Waals surface area contributed by atoms with Crippen LogP contribution in [-0.4, -0.2) is 35.0 Å². The number of aromatic nitrogens is 1. The Balaban J connectivity index is 1.65. The van der Waals surface area contributed by atoms with E-state index >= 15 is 0 Å². The van der Waals surface area contributed by atoms with Gasteiger partial charge in [0.25, 0.3) is 5.78 Å². The number of hydrogen-bond donors (Lipinski definition) is 1. The van der Waals surface area contributed by atoms with E-state index in [0.29, 0.717) is 51.5 Å². The predicted molar refractivity (Wildman–Crippen MR) is 158 cm³/mol. The number of rotatable bonds is 10. The fourth-order valence-corrected chi connectivity index (χ4v) is 5.97. The van der Waals surface area contributed by atoms with Gasteiger partial charge in [-0.3, -0.25) is 14.5 Å². The molecule has 9 heteroatoms. The number of Topliss-reactive ketones (excluding diaryl/α,β-unsaturated/α-hetero) is 1. The summed E-state index contributed by atoms with van der Waals surface area (Å²) in [5, 5.41) is 12.2. The molecule has 1 aliphatic heterocycles. The normalized spacial score (nSPS) is 16.6. The number of ether oxygens (including phenoxy) is 2. The van der Waals surface area contributed by atoms with Crippen LogP contribution in [0.5, 0.6) is 11.5 Å². The van der Waals surface area contributed by atoms with Crippen molar-refractivity contribution >= 4 is 55.7 Å². The summed E-state index contributed by atoms with van der Waals surface area (Å²) in [6.07, 6.45) is 3.06. The number of benzene rings is 3. The SMILES string of the molecule is CCCCCOc1ccc(C2/C(=C(\O)c3ccccc3)C(=O)C(=O)N2c2nc3ccc(Cl)cc3s2)cc1OCC. The maximum atomic E-state index is 13.6. The predicted octanol–water partition coefficient (Wildman–Crippen LogP) is 7.54. The first-order valence-electron chi connectivity index (χ1n) is 13.2. The number of ketones is 1. The van der Waals surface area contributed by atoms with Crippen LogP contribution < -0.4 is 14.4 Å². The van der Waals surface area contributed by atoms with Gasteiger partial charge in [-0.2, -0.15) is 0 Å². The van der Waals surface area contributed by atoms with Crippen molar-refractivity contribution in [3.05, 3.63) is 88.5 Å². The van der Waals surface area contributed by atoms with Gasteiger partial charge < -0.3 is 14.6 Å². The maximum Gasteiger partial charge on any atom is 0.301 e. The van der Waals surface area contributed by atoms with Crippen molar-refractivity contribution in [3.8, 4) is 11.5 Å². The number of carbonyl (C=O) groups is 2. The van der Waals surface area contributed by atoms with E-state index in [9.17, 15) is 14.7 Å². The molecule has 1 fully saturated rings. The van der Waals surface area contributed by atoms with Crippen LogP contribution in [0.2, 0.25) is 5.02 Å². The molecule has 0 bridgehead atoms. The van der Waals surface area contributed by atoms with Crippen LogP contribution in [0, 0.1) is 0 Å². The van der Waals surface area contributed by atoms with E-state index in [-0.39, 0.29) is 11.3 Å². The molecule has 1 N–H and O–H groups in total. The minimum absolute atomic E-state index is 0.0208. The van der Waals surface area contributed by atoms with Crippen molar-refractivity contribution in [1.82, 2.24) is 4.98 Å². The Kier molecular flexibility index (Phi) is 8.38. The highest BCUT2D eigenvalue weighted by Gasteiger charge is 2.48. The van der Waals surface area contributed by atoms with Gasteiger partial charge >= 0.3 is 5.91 Å². The van der Waals surface area contributed by atoms with E-state index in [2.05, 4.69) is 11.9 Å². The van der Waals surface area contributed by atoms with Crippen molar-refractivity contribution in [2.45, 2.75) is 39.2 Å². The number of aliphatic hydroxyl groups is 1. The molecule has 1 aliphatic rings. The largest absolute Gasteiger partial charge is 0.507 e. The molecule has 4 aromatic rings. The number of anilines is 1. The fourth-order valence-electron chi connectivity index (χ4n) is 4.70. The number of nitrogens with zero attached hydrogens (tertiary/aromatic N) is 2. The second-order valence-corrected chi connectivity index (χ2v) is 10.8. The Hall–Kier alpha value is -3.88. The number of carbonyl (C=O) groups excluding carboxylic acids is 2. The van der Waals surface area contributed by atoms with E-state index in [0.717, 1.165) is 24.0 Å². The van der Waals surface area contributed by atoms with Gasteiger partial charge in [0.2, 0.25) is 0 Å². The molecule has 2 heterocycles. The van der Waals surface area contributed by atoms with Crippen LogP contribution in [0.4, 0.5) is 5.13 Å². The molecule has 0 radical (unpaired) electrons. The Labute approximate surface area is 241 Å². The molecular weight excluding hydrogens is 548 g/mol.